The molecule has 0 atom stereocenters. The molecule has 0 saturated carbocycles. The van der Waals surface area contributed by atoms with E-state index in [0.717, 1.165) is 144 Å². The summed E-state index contributed by atoms with van der Waals surface area (Å²) in [6.45, 7) is 16.7. The number of hydrogen-bond acceptors (Lipinski definition) is 17. The Balaban J connectivity index is 0.000000146. The SMILES string of the molecule is Cc1ccnc2c1OCC/C2=N/NC(=S)N1CCN(c2ccc(C#N)cc2)CC1.Cc1ccnc2c1OCC/C2=N/NC(=S)N1CCN(c2cccc(C(F)(F)F)c2)CC1.Cc1ccnc2c1OCC/C2=N/NC(=S)N1CCN(c2ccccc2N)CC1. The predicted molar refractivity (Wildman–Crippen MR) is 349 cm³/mol. The van der Waals surface area contributed by atoms with Crippen molar-refractivity contribution >= 4 is 91.9 Å². The van der Waals surface area contributed by atoms with E-state index < -0.39 is 11.7 Å². The Labute approximate surface area is 525 Å². The first-order chi connectivity index (χ1) is 42.6. The summed E-state index contributed by atoms with van der Waals surface area (Å²) < 4.78 is 56.1. The Bertz CT molecular complexity index is 3630. The number of anilines is 4. The summed E-state index contributed by atoms with van der Waals surface area (Å²) in [5, 5.41) is 24.2. The van der Waals surface area contributed by atoms with Gasteiger partial charge < -0.3 is 49.3 Å². The molecule has 3 fully saturated rings. The van der Waals surface area contributed by atoms with Crippen LogP contribution in [0.2, 0.25) is 0 Å². The van der Waals surface area contributed by atoms with Gasteiger partial charge in [-0.05, 0) is 147 Å². The summed E-state index contributed by atoms with van der Waals surface area (Å²) in [7, 11) is 0. The number of aromatic nitrogens is 3. The molecule has 3 aromatic heterocycles. The van der Waals surface area contributed by atoms with Crippen LogP contribution in [0.15, 0.2) is 125 Å². The fourth-order valence-corrected chi connectivity index (χ4v) is 11.4. The van der Waals surface area contributed by atoms with E-state index in [-0.39, 0.29) is 0 Å². The fraction of sp³-hybridized carbons (Fsp3) is 0.355. The highest BCUT2D eigenvalue weighted by Crippen LogP contribution is 2.33. The number of hydrazone groups is 3. The van der Waals surface area contributed by atoms with Crippen LogP contribution in [0.5, 0.6) is 17.2 Å². The average molecular weight is 1250 g/mol. The number of nitrogen functional groups attached to an aromatic ring is 1. The summed E-state index contributed by atoms with van der Waals surface area (Å²) in [6.07, 6.45) is 2.97. The zero-order valence-electron chi connectivity index (χ0n) is 49.1. The number of piperazine rings is 3. The maximum absolute atomic E-state index is 13.0. The monoisotopic (exact) mass is 1250 g/mol. The molecular formula is C62H68F3N17O3S3. The van der Waals surface area contributed by atoms with Crippen LogP contribution in [-0.4, -0.2) is 160 Å². The highest BCUT2D eigenvalue weighted by molar-refractivity contribution is 7.80. The van der Waals surface area contributed by atoms with Crippen LogP contribution in [0.25, 0.3) is 0 Å². The minimum atomic E-state index is -4.35. The zero-order chi connectivity index (χ0) is 61.7. The predicted octanol–water partition coefficient (Wildman–Crippen LogP) is 8.19. The quantitative estimate of drug-likeness (QED) is 0.0704. The molecule has 3 saturated heterocycles. The van der Waals surface area contributed by atoms with Gasteiger partial charge in [-0.25, -0.2) is 0 Å². The smallest absolute Gasteiger partial charge is 0.416 e. The highest BCUT2D eigenvalue weighted by Gasteiger charge is 2.32. The molecule has 0 aliphatic carbocycles. The number of rotatable bonds is 6. The fourth-order valence-electron chi connectivity index (χ4n) is 10.7. The summed E-state index contributed by atoms with van der Waals surface area (Å²) in [5.74, 6) is 2.37. The summed E-state index contributed by atoms with van der Waals surface area (Å²) >= 11 is 16.6. The average Bonchev–Trinajstić information content (AvgIpc) is 2.40. The number of ether oxygens (including phenoxy) is 3. The van der Waals surface area contributed by atoms with E-state index in [1.807, 2.05) is 91.2 Å². The second kappa shape index (κ2) is 28.7. The first kappa shape index (κ1) is 62.1. The maximum atomic E-state index is 13.0. The normalized spacial score (nSPS) is 17.7. The van der Waals surface area contributed by atoms with E-state index in [1.54, 1.807) is 24.7 Å². The molecule has 0 radical (unpaired) electrons. The van der Waals surface area contributed by atoms with Gasteiger partial charge >= 0.3 is 6.18 Å². The molecule has 5 N–H and O–H groups in total. The molecule has 9 heterocycles. The number of pyridine rings is 3. The standard InChI is InChI=1S/C21H22F3N5OS.C21H22N6OS.C20H24N6OS/c1-14-5-7-25-18-17(6-12-30-19(14)18)26-27-20(31)29-10-8-28(9-11-29)16-4-2-3-15(13-16)21(22,23)24;1-15-6-8-23-19-18(7-13-28-20(15)19)24-25-21(29)27-11-9-26(10-12-27)17-4-2-16(14-22)3-5-17;1-14-6-8-22-18-16(7-13-27-19(14)18)23-24-20(28)26-11-9-25(10-12-26)17-5-3-2-4-15(17)21/h2-5,7,13H,6,8-12H2,1H3,(H,27,31);2-6,8H,7,9-13H2,1H3,(H,25,29);2-6,8H,7,9-13,21H2,1H3,(H,24,28)/b26-17-;24-18-;23-16-. The van der Waals surface area contributed by atoms with Gasteiger partial charge in [-0.3, -0.25) is 31.2 Å². The number of fused-ring (bicyclic) bond motifs is 3. The maximum Gasteiger partial charge on any atom is 0.416 e. The number of nitriles is 1. The number of halogens is 3. The van der Waals surface area contributed by atoms with Crippen LogP contribution < -0.4 is 50.9 Å². The van der Waals surface area contributed by atoms with Gasteiger partial charge in [0.2, 0.25) is 0 Å². The van der Waals surface area contributed by atoms with E-state index in [4.69, 9.17) is 61.9 Å². The largest absolute Gasteiger partial charge is 0.491 e. The number of aryl methyl sites for hydroxylation is 3. The highest BCUT2D eigenvalue weighted by atomic mass is 32.1. The Morgan fingerprint density at radius 3 is 1.32 bits per heavy atom. The molecule has 3 aromatic carbocycles. The minimum absolute atomic E-state index is 0.483. The number of nitrogens with one attached hydrogen (secondary N) is 3. The molecule has 6 aliphatic heterocycles. The third-order valence-corrected chi connectivity index (χ3v) is 16.7. The van der Waals surface area contributed by atoms with Gasteiger partial charge in [0.1, 0.15) is 34.3 Å². The lowest BCUT2D eigenvalue weighted by Gasteiger charge is -2.37. The number of hydrogen-bond donors (Lipinski definition) is 4. The van der Waals surface area contributed by atoms with Crippen molar-refractivity contribution in [3.05, 3.63) is 154 Å². The van der Waals surface area contributed by atoms with Crippen molar-refractivity contribution in [2.24, 2.45) is 15.3 Å². The molecule has 12 rings (SSSR count). The van der Waals surface area contributed by atoms with Gasteiger partial charge in [-0.1, -0.05) is 18.2 Å². The van der Waals surface area contributed by atoms with Crippen LogP contribution >= 0.6 is 36.7 Å². The third kappa shape index (κ3) is 15.2. The topological polar surface area (TPSA) is 209 Å². The molecule has 20 nitrogen and oxygen atoms in total. The Hall–Kier alpha value is -8.93. The van der Waals surface area contributed by atoms with Crippen LogP contribution in [0, 0.1) is 32.1 Å². The zero-order valence-corrected chi connectivity index (χ0v) is 51.5. The van der Waals surface area contributed by atoms with E-state index in [9.17, 15) is 13.2 Å². The molecule has 458 valence electrons. The van der Waals surface area contributed by atoms with E-state index >= 15 is 0 Å². The van der Waals surface area contributed by atoms with Gasteiger partial charge in [0.15, 0.2) is 15.3 Å². The van der Waals surface area contributed by atoms with Gasteiger partial charge in [-0.15, -0.1) is 0 Å². The molecule has 0 spiro atoms. The Morgan fingerprint density at radius 2 is 0.920 bits per heavy atom. The molecule has 88 heavy (non-hydrogen) atoms. The number of thiocarbonyl (C=S) groups is 3. The summed E-state index contributed by atoms with van der Waals surface area (Å²) in [6, 6.07) is 29.0. The van der Waals surface area contributed by atoms with Crippen molar-refractivity contribution in [3.8, 4) is 23.3 Å². The molecule has 0 amide bonds. The van der Waals surface area contributed by atoms with Crippen molar-refractivity contribution in [1.82, 2.24) is 45.9 Å². The lowest BCUT2D eigenvalue weighted by molar-refractivity contribution is -0.137. The van der Waals surface area contributed by atoms with Gasteiger partial charge in [0.05, 0.1) is 65.5 Å². The van der Waals surface area contributed by atoms with Crippen molar-refractivity contribution in [2.75, 3.05) is 119 Å². The van der Waals surface area contributed by atoms with Crippen molar-refractivity contribution in [3.63, 3.8) is 0 Å². The summed E-state index contributed by atoms with van der Waals surface area (Å²) in [4.78, 5) is 26.0. The first-order valence-corrected chi connectivity index (χ1v) is 30.2. The van der Waals surface area contributed by atoms with Crippen LogP contribution in [0.1, 0.15) is 64.2 Å². The molecule has 6 aliphatic rings. The van der Waals surface area contributed by atoms with Crippen molar-refractivity contribution in [1.29, 1.82) is 5.26 Å². The molecule has 0 bridgehead atoms. The number of para-hydroxylation sites is 2. The number of nitrogens with two attached hydrogens (primary N) is 1. The number of nitrogens with zero attached hydrogens (tertiary/aromatic N) is 13. The Morgan fingerprint density at radius 1 is 0.523 bits per heavy atom. The number of alkyl halides is 3. The first-order valence-electron chi connectivity index (χ1n) is 29.0. The van der Waals surface area contributed by atoms with E-state index in [0.29, 0.717) is 91.9 Å². The van der Waals surface area contributed by atoms with Crippen LogP contribution in [-0.2, 0) is 6.18 Å². The summed E-state index contributed by atoms with van der Waals surface area (Å²) in [5.41, 5.74) is 26.7. The molecule has 6 aromatic rings. The van der Waals surface area contributed by atoms with E-state index in [2.05, 4.69) is 78.3 Å². The molecule has 0 unspecified atom stereocenters. The second-order valence-electron chi connectivity index (χ2n) is 21.3. The van der Waals surface area contributed by atoms with Gasteiger partial charge in [0, 0.05) is 128 Å². The Kier molecular flexibility index (Phi) is 20.3. The number of benzene rings is 3. The lowest BCUT2D eigenvalue weighted by Crippen LogP contribution is -2.51. The van der Waals surface area contributed by atoms with Crippen molar-refractivity contribution in [2.45, 2.75) is 46.2 Å². The lowest BCUT2D eigenvalue weighted by atomic mass is 10.1. The molecule has 26 heteroatoms. The molecular weight excluding hydrogens is 1180 g/mol. The second-order valence-corrected chi connectivity index (χ2v) is 22.5. The van der Waals surface area contributed by atoms with Crippen LogP contribution in [0.4, 0.5) is 35.9 Å². The van der Waals surface area contributed by atoms with E-state index in [1.165, 1.54) is 12.1 Å². The van der Waals surface area contributed by atoms with Crippen molar-refractivity contribution < 1.29 is 27.4 Å². The van der Waals surface area contributed by atoms with Gasteiger partial charge in [-0.2, -0.15) is 33.7 Å². The van der Waals surface area contributed by atoms with Crippen LogP contribution in [0.3, 0.4) is 0 Å². The third-order valence-electron chi connectivity index (χ3n) is 15.6. The minimum Gasteiger partial charge on any atom is -0.491 e. The van der Waals surface area contributed by atoms with Gasteiger partial charge in [0.25, 0.3) is 0 Å².